The van der Waals surface area contributed by atoms with E-state index in [9.17, 15) is 4.79 Å². The molecule has 4 N–H and O–H groups in total. The highest BCUT2D eigenvalue weighted by Gasteiger charge is 2.45. The third-order valence-electron chi connectivity index (χ3n) is 3.93. The van der Waals surface area contributed by atoms with Gasteiger partial charge in [-0.05, 0) is 37.3 Å². The quantitative estimate of drug-likeness (QED) is 0.807. The van der Waals surface area contributed by atoms with Crippen LogP contribution in [0.3, 0.4) is 0 Å². The average Bonchev–Trinajstić information content (AvgIpc) is 3.00. The lowest BCUT2D eigenvalue weighted by molar-refractivity contribution is -0.123. The Hall–Kier alpha value is -1.52. The molecule has 4 nitrogen and oxygen atoms in total. The van der Waals surface area contributed by atoms with Crippen molar-refractivity contribution in [1.29, 1.82) is 0 Å². The number of hydrogen-bond acceptors (Lipinski definition) is 2. The molecule has 1 heterocycles. The number of nitrogens with two attached hydrogens (primary N) is 1. The number of carbonyl (C=O) groups excluding carboxylic acids is 1. The first-order chi connectivity index (χ1) is 9.10. The molecule has 1 aliphatic carbocycles. The molecule has 0 saturated heterocycles. The third kappa shape index (κ3) is 2.67. The third-order valence-corrected chi connectivity index (χ3v) is 3.93. The van der Waals surface area contributed by atoms with Gasteiger partial charge in [0.15, 0.2) is 0 Å². The second-order valence-electron chi connectivity index (χ2n) is 5.47. The van der Waals surface area contributed by atoms with E-state index in [1.165, 1.54) is 22.0 Å². The molecule has 1 aromatic carbocycles. The summed E-state index contributed by atoms with van der Waals surface area (Å²) in [5.74, 6) is -0.0106. The lowest BCUT2D eigenvalue weighted by Crippen LogP contribution is -2.43. The van der Waals surface area contributed by atoms with Crippen LogP contribution in [0.4, 0.5) is 0 Å². The molecule has 1 fully saturated rings. The van der Waals surface area contributed by atoms with Crippen LogP contribution in [0.25, 0.3) is 10.9 Å². The summed E-state index contributed by atoms with van der Waals surface area (Å²) in [6, 6.07) is 6.27. The number of amides is 1. The van der Waals surface area contributed by atoms with E-state index in [-0.39, 0.29) is 18.3 Å². The van der Waals surface area contributed by atoms with Crippen molar-refractivity contribution in [3.05, 3.63) is 35.5 Å². The first kappa shape index (κ1) is 14.9. The standard InChI is InChI=1S/C15H19N3O.ClH/c1-10-3-2-4-12-11(9-18-13(10)12)5-8-17-14(19)15(16)6-7-15;/h2-4,9,18H,5-8,16H2,1H3,(H,17,19);1H. The molecule has 0 atom stereocenters. The summed E-state index contributed by atoms with van der Waals surface area (Å²) in [5.41, 5.74) is 8.93. The van der Waals surface area contributed by atoms with E-state index in [1.807, 2.05) is 6.20 Å². The van der Waals surface area contributed by atoms with E-state index in [0.29, 0.717) is 6.54 Å². The number of aromatic nitrogens is 1. The largest absolute Gasteiger partial charge is 0.361 e. The first-order valence-corrected chi connectivity index (χ1v) is 6.73. The minimum absolute atomic E-state index is 0. The van der Waals surface area contributed by atoms with Crippen molar-refractivity contribution >= 4 is 29.2 Å². The Balaban J connectivity index is 0.00000147. The van der Waals surface area contributed by atoms with Crippen LogP contribution in [-0.4, -0.2) is 23.0 Å². The Labute approximate surface area is 124 Å². The van der Waals surface area contributed by atoms with Crippen LogP contribution in [0.5, 0.6) is 0 Å². The van der Waals surface area contributed by atoms with Crippen molar-refractivity contribution in [3.8, 4) is 0 Å². The molecule has 2 aromatic rings. The highest BCUT2D eigenvalue weighted by atomic mass is 35.5. The molecule has 1 amide bonds. The molecule has 1 saturated carbocycles. The molecule has 3 rings (SSSR count). The van der Waals surface area contributed by atoms with Gasteiger partial charge in [0.1, 0.15) is 0 Å². The summed E-state index contributed by atoms with van der Waals surface area (Å²) in [6.45, 7) is 2.73. The molecule has 20 heavy (non-hydrogen) atoms. The molecular formula is C15H20ClN3O. The van der Waals surface area contributed by atoms with Gasteiger partial charge in [-0.3, -0.25) is 4.79 Å². The van der Waals surface area contributed by atoms with Gasteiger partial charge in [0.25, 0.3) is 0 Å². The van der Waals surface area contributed by atoms with Gasteiger partial charge < -0.3 is 16.0 Å². The smallest absolute Gasteiger partial charge is 0.240 e. The average molecular weight is 294 g/mol. The minimum atomic E-state index is -0.573. The van der Waals surface area contributed by atoms with Crippen LogP contribution >= 0.6 is 12.4 Å². The van der Waals surface area contributed by atoms with Crippen molar-refractivity contribution in [1.82, 2.24) is 10.3 Å². The number of para-hydroxylation sites is 1. The predicted molar refractivity (Wildman–Crippen MR) is 83.1 cm³/mol. The summed E-state index contributed by atoms with van der Waals surface area (Å²) in [7, 11) is 0. The first-order valence-electron chi connectivity index (χ1n) is 6.73. The Morgan fingerprint density at radius 3 is 2.90 bits per heavy atom. The second-order valence-corrected chi connectivity index (χ2v) is 5.47. The van der Waals surface area contributed by atoms with E-state index < -0.39 is 5.54 Å². The Morgan fingerprint density at radius 2 is 2.20 bits per heavy atom. The number of nitrogens with one attached hydrogen (secondary N) is 2. The summed E-state index contributed by atoms with van der Waals surface area (Å²) in [6.07, 6.45) is 4.47. The predicted octanol–water partition coefficient (Wildman–Crippen LogP) is 2.05. The highest BCUT2D eigenvalue weighted by Crippen LogP contribution is 2.32. The number of H-pyrrole nitrogens is 1. The van der Waals surface area contributed by atoms with Gasteiger partial charge in [-0.25, -0.2) is 0 Å². The van der Waals surface area contributed by atoms with E-state index in [2.05, 4.69) is 35.4 Å². The van der Waals surface area contributed by atoms with Crippen LogP contribution in [0.2, 0.25) is 0 Å². The fourth-order valence-electron chi connectivity index (χ4n) is 2.42. The molecule has 1 aromatic heterocycles. The number of hydrogen-bond donors (Lipinski definition) is 3. The number of benzene rings is 1. The van der Waals surface area contributed by atoms with Gasteiger partial charge in [0, 0.05) is 23.6 Å². The van der Waals surface area contributed by atoms with Gasteiger partial charge in [0.2, 0.25) is 5.91 Å². The van der Waals surface area contributed by atoms with Crippen LogP contribution in [0, 0.1) is 6.92 Å². The molecule has 1 aliphatic rings. The Morgan fingerprint density at radius 1 is 1.45 bits per heavy atom. The topological polar surface area (TPSA) is 70.9 Å². The molecule has 0 spiro atoms. The zero-order valence-electron chi connectivity index (χ0n) is 11.5. The number of halogens is 1. The van der Waals surface area contributed by atoms with E-state index in [0.717, 1.165) is 19.3 Å². The molecule has 108 valence electrons. The van der Waals surface area contributed by atoms with Crippen molar-refractivity contribution in [3.63, 3.8) is 0 Å². The van der Waals surface area contributed by atoms with Gasteiger partial charge in [0.05, 0.1) is 5.54 Å². The molecule has 0 bridgehead atoms. The van der Waals surface area contributed by atoms with Gasteiger partial charge in [-0.2, -0.15) is 0 Å². The second kappa shape index (κ2) is 5.46. The minimum Gasteiger partial charge on any atom is -0.361 e. The summed E-state index contributed by atoms with van der Waals surface area (Å²) in [4.78, 5) is 15.0. The molecule has 5 heteroatoms. The van der Waals surface area contributed by atoms with Crippen LogP contribution < -0.4 is 11.1 Å². The van der Waals surface area contributed by atoms with Crippen LogP contribution in [-0.2, 0) is 11.2 Å². The van der Waals surface area contributed by atoms with Crippen LogP contribution in [0.15, 0.2) is 24.4 Å². The fourth-order valence-corrected chi connectivity index (χ4v) is 2.42. The number of carbonyl (C=O) groups is 1. The highest BCUT2D eigenvalue weighted by molar-refractivity contribution is 5.89. The number of rotatable bonds is 4. The zero-order valence-corrected chi connectivity index (χ0v) is 12.3. The summed E-state index contributed by atoms with van der Waals surface area (Å²) < 4.78 is 0. The SMILES string of the molecule is Cc1cccc2c(CCNC(=O)C3(N)CC3)c[nH]c12.Cl. The van der Waals surface area contributed by atoms with Crippen molar-refractivity contribution in [2.75, 3.05) is 6.54 Å². The van der Waals surface area contributed by atoms with Crippen LogP contribution in [0.1, 0.15) is 24.0 Å². The maximum atomic E-state index is 11.7. The fraction of sp³-hybridized carbons (Fsp3) is 0.400. The van der Waals surface area contributed by atoms with E-state index in [4.69, 9.17) is 5.73 Å². The maximum absolute atomic E-state index is 11.7. The molecule has 0 unspecified atom stereocenters. The van der Waals surface area contributed by atoms with E-state index >= 15 is 0 Å². The number of fused-ring (bicyclic) bond motifs is 1. The van der Waals surface area contributed by atoms with Gasteiger partial charge in [-0.1, -0.05) is 18.2 Å². The normalized spacial score (nSPS) is 15.7. The van der Waals surface area contributed by atoms with Crippen molar-refractivity contribution in [2.24, 2.45) is 5.73 Å². The maximum Gasteiger partial charge on any atom is 0.240 e. The Kier molecular flexibility index (Phi) is 4.06. The lowest BCUT2D eigenvalue weighted by atomic mass is 10.1. The monoisotopic (exact) mass is 293 g/mol. The number of aryl methyl sites for hydroxylation is 1. The Bertz CT molecular complexity index is 631. The van der Waals surface area contributed by atoms with Gasteiger partial charge in [-0.15, -0.1) is 12.4 Å². The molecular weight excluding hydrogens is 274 g/mol. The number of aromatic amines is 1. The molecule has 0 radical (unpaired) electrons. The van der Waals surface area contributed by atoms with E-state index in [1.54, 1.807) is 0 Å². The van der Waals surface area contributed by atoms with Gasteiger partial charge >= 0.3 is 0 Å². The lowest BCUT2D eigenvalue weighted by Gasteiger charge is -2.09. The van der Waals surface area contributed by atoms with Crippen molar-refractivity contribution in [2.45, 2.75) is 31.7 Å². The summed E-state index contributed by atoms with van der Waals surface area (Å²) in [5, 5.41) is 4.16. The van der Waals surface area contributed by atoms with Crippen molar-refractivity contribution < 1.29 is 4.79 Å². The molecule has 0 aliphatic heterocycles. The summed E-state index contributed by atoms with van der Waals surface area (Å²) >= 11 is 0. The zero-order chi connectivity index (χ0) is 13.5.